The minimum Gasteiger partial charge on any atom is -0.466 e. The molecule has 136 valence electrons. The number of carbonyl (C=O) groups is 1. The molecule has 0 aliphatic carbocycles. The Morgan fingerprint density at radius 3 is 2.46 bits per heavy atom. The smallest absolute Gasteiger partial charge is 0.307 e. The van der Waals surface area contributed by atoms with Crippen molar-refractivity contribution >= 4 is 5.97 Å². The molecule has 0 bridgehead atoms. The average Bonchev–Trinajstić information content (AvgIpc) is 2.54. The first-order valence-corrected chi connectivity index (χ1v) is 8.01. The van der Waals surface area contributed by atoms with Crippen LogP contribution in [0, 0.1) is 0 Å². The quantitative estimate of drug-likeness (QED) is 0.252. The Kier molecular flexibility index (Phi) is 9.44. The summed E-state index contributed by atoms with van der Waals surface area (Å²) >= 11 is 0. The molecule has 1 aromatic rings. The molecule has 0 unspecified atom stereocenters. The maximum atomic E-state index is 14.0. The van der Waals surface area contributed by atoms with Gasteiger partial charge in [-0.05, 0) is 19.4 Å². The molecule has 0 radical (unpaired) electrons. The second-order valence-corrected chi connectivity index (χ2v) is 5.28. The van der Waals surface area contributed by atoms with E-state index >= 15 is 0 Å². The molecule has 0 saturated carbocycles. The SMILES string of the molecule is CCOOCC(F)(F)CN(CCC(=O)OCC)Cc1ccccc1. The van der Waals surface area contributed by atoms with E-state index in [0.29, 0.717) is 6.54 Å². The lowest BCUT2D eigenvalue weighted by molar-refractivity contribution is -0.320. The van der Waals surface area contributed by atoms with Gasteiger partial charge in [0.1, 0.15) is 6.61 Å². The molecular formula is C17H25F2NO4. The van der Waals surface area contributed by atoms with Gasteiger partial charge >= 0.3 is 5.97 Å². The molecule has 5 nitrogen and oxygen atoms in total. The van der Waals surface area contributed by atoms with E-state index in [1.807, 2.05) is 30.3 Å². The number of carbonyl (C=O) groups excluding carboxylic acids is 1. The number of hydrogen-bond acceptors (Lipinski definition) is 5. The summed E-state index contributed by atoms with van der Waals surface area (Å²) in [6.45, 7) is 2.96. The summed E-state index contributed by atoms with van der Waals surface area (Å²) in [6, 6.07) is 9.25. The molecule has 24 heavy (non-hydrogen) atoms. The molecule has 7 heteroatoms. The number of ether oxygens (including phenoxy) is 1. The van der Waals surface area contributed by atoms with Crippen molar-refractivity contribution in [3.63, 3.8) is 0 Å². The molecule has 0 spiro atoms. The zero-order chi connectivity index (χ0) is 17.8. The second kappa shape index (κ2) is 11.1. The van der Waals surface area contributed by atoms with Gasteiger partial charge < -0.3 is 4.74 Å². The van der Waals surface area contributed by atoms with Gasteiger partial charge in [0.05, 0.1) is 26.2 Å². The van der Waals surface area contributed by atoms with Crippen LogP contribution in [-0.2, 0) is 25.9 Å². The van der Waals surface area contributed by atoms with Crippen LogP contribution in [0.1, 0.15) is 25.8 Å². The lowest BCUT2D eigenvalue weighted by atomic mass is 10.2. The Bertz CT molecular complexity index is 471. The van der Waals surface area contributed by atoms with E-state index in [2.05, 4.69) is 9.78 Å². The van der Waals surface area contributed by atoms with Crippen molar-refractivity contribution in [1.29, 1.82) is 0 Å². The highest BCUT2D eigenvalue weighted by molar-refractivity contribution is 5.69. The van der Waals surface area contributed by atoms with Crippen LogP contribution in [0.5, 0.6) is 0 Å². The first-order valence-electron chi connectivity index (χ1n) is 8.01. The van der Waals surface area contributed by atoms with Crippen LogP contribution in [-0.4, -0.2) is 49.7 Å². The average molecular weight is 345 g/mol. The molecule has 0 aliphatic rings. The molecule has 0 aromatic heterocycles. The molecule has 0 aliphatic heterocycles. The molecule has 0 fully saturated rings. The highest BCUT2D eigenvalue weighted by atomic mass is 19.3. The van der Waals surface area contributed by atoms with Crippen LogP contribution < -0.4 is 0 Å². The first-order chi connectivity index (χ1) is 11.5. The maximum absolute atomic E-state index is 14.0. The van der Waals surface area contributed by atoms with Gasteiger partial charge in [0.2, 0.25) is 0 Å². The van der Waals surface area contributed by atoms with E-state index in [1.165, 1.54) is 4.90 Å². The standard InChI is InChI=1S/C17H25F2NO4/c1-3-22-16(21)10-11-20(12-15-8-6-5-7-9-15)13-17(18,19)14-24-23-4-2/h5-9H,3-4,10-14H2,1-2H3. The molecule has 0 saturated heterocycles. The molecule has 1 aromatic carbocycles. The summed E-state index contributed by atoms with van der Waals surface area (Å²) in [5, 5.41) is 0. The highest BCUT2D eigenvalue weighted by Gasteiger charge is 2.33. The fraction of sp³-hybridized carbons (Fsp3) is 0.588. The third kappa shape index (κ3) is 8.90. The van der Waals surface area contributed by atoms with E-state index < -0.39 is 25.0 Å². The number of hydrogen-bond donors (Lipinski definition) is 0. The Hall–Kier alpha value is -1.57. The highest BCUT2D eigenvalue weighted by Crippen LogP contribution is 2.18. The Morgan fingerprint density at radius 2 is 1.83 bits per heavy atom. The zero-order valence-electron chi connectivity index (χ0n) is 14.2. The summed E-state index contributed by atoms with van der Waals surface area (Å²) in [7, 11) is 0. The van der Waals surface area contributed by atoms with Gasteiger partial charge in [0.25, 0.3) is 5.92 Å². The van der Waals surface area contributed by atoms with Crippen molar-refractivity contribution in [2.24, 2.45) is 0 Å². The van der Waals surface area contributed by atoms with E-state index in [1.54, 1.807) is 13.8 Å². The Balaban J connectivity index is 2.63. The van der Waals surface area contributed by atoms with E-state index in [0.717, 1.165) is 5.56 Å². The topological polar surface area (TPSA) is 48.0 Å². The Labute approximate surface area is 141 Å². The summed E-state index contributed by atoms with van der Waals surface area (Å²) in [5.41, 5.74) is 0.892. The van der Waals surface area contributed by atoms with Crippen molar-refractivity contribution in [2.45, 2.75) is 32.7 Å². The van der Waals surface area contributed by atoms with Crippen molar-refractivity contribution in [2.75, 3.05) is 32.9 Å². The van der Waals surface area contributed by atoms with Crippen LogP contribution >= 0.6 is 0 Å². The largest absolute Gasteiger partial charge is 0.466 e. The van der Waals surface area contributed by atoms with Crippen LogP contribution in [0.25, 0.3) is 0 Å². The predicted molar refractivity (Wildman–Crippen MR) is 85.5 cm³/mol. The number of halogens is 2. The summed E-state index contributed by atoms with van der Waals surface area (Å²) in [6.07, 6.45) is 0.0586. The number of nitrogens with zero attached hydrogens (tertiary/aromatic N) is 1. The number of benzene rings is 1. The third-order valence-electron chi connectivity index (χ3n) is 3.11. The van der Waals surface area contributed by atoms with Gasteiger partial charge in [0, 0.05) is 13.1 Å². The fourth-order valence-corrected chi connectivity index (χ4v) is 2.12. The van der Waals surface area contributed by atoms with Crippen molar-refractivity contribution in [3.05, 3.63) is 35.9 Å². The van der Waals surface area contributed by atoms with E-state index in [4.69, 9.17) is 4.74 Å². The van der Waals surface area contributed by atoms with Gasteiger partial charge in [-0.2, -0.15) is 0 Å². The summed E-state index contributed by atoms with van der Waals surface area (Å²) < 4.78 is 32.9. The van der Waals surface area contributed by atoms with Crippen molar-refractivity contribution in [1.82, 2.24) is 4.90 Å². The lowest BCUT2D eigenvalue weighted by Crippen LogP contribution is -2.40. The van der Waals surface area contributed by atoms with Gasteiger partial charge in [0.15, 0.2) is 0 Å². The Morgan fingerprint density at radius 1 is 1.12 bits per heavy atom. The number of esters is 1. The van der Waals surface area contributed by atoms with Crippen molar-refractivity contribution in [3.8, 4) is 0 Å². The number of alkyl halides is 2. The zero-order valence-corrected chi connectivity index (χ0v) is 14.2. The van der Waals surface area contributed by atoms with Crippen LogP contribution in [0.2, 0.25) is 0 Å². The lowest BCUT2D eigenvalue weighted by Gasteiger charge is -2.26. The van der Waals surface area contributed by atoms with Gasteiger partial charge in [-0.1, -0.05) is 30.3 Å². The maximum Gasteiger partial charge on any atom is 0.307 e. The first kappa shape index (κ1) is 20.5. The van der Waals surface area contributed by atoms with E-state index in [-0.39, 0.29) is 26.2 Å². The predicted octanol–water partition coefficient (Wildman–Crippen LogP) is 3.05. The van der Waals surface area contributed by atoms with Crippen LogP contribution in [0.15, 0.2) is 30.3 Å². The van der Waals surface area contributed by atoms with Crippen LogP contribution in [0.4, 0.5) is 8.78 Å². The van der Waals surface area contributed by atoms with Gasteiger partial charge in [-0.3, -0.25) is 9.69 Å². The molecule has 1 rings (SSSR count). The second-order valence-electron chi connectivity index (χ2n) is 5.28. The molecule has 0 N–H and O–H groups in total. The third-order valence-corrected chi connectivity index (χ3v) is 3.11. The van der Waals surface area contributed by atoms with Crippen LogP contribution in [0.3, 0.4) is 0 Å². The molecular weight excluding hydrogens is 320 g/mol. The van der Waals surface area contributed by atoms with Gasteiger partial charge in [-0.15, -0.1) is 0 Å². The molecule has 0 heterocycles. The minimum atomic E-state index is -3.08. The van der Waals surface area contributed by atoms with Gasteiger partial charge in [-0.25, -0.2) is 18.6 Å². The molecule has 0 amide bonds. The van der Waals surface area contributed by atoms with E-state index in [9.17, 15) is 13.6 Å². The number of rotatable bonds is 12. The molecule has 0 atom stereocenters. The fourth-order valence-electron chi connectivity index (χ4n) is 2.12. The van der Waals surface area contributed by atoms with Crippen molar-refractivity contribution < 1.29 is 28.1 Å². The normalized spacial score (nSPS) is 11.7. The monoisotopic (exact) mass is 345 g/mol. The summed E-state index contributed by atoms with van der Waals surface area (Å²) in [4.78, 5) is 22.0. The summed E-state index contributed by atoms with van der Waals surface area (Å²) in [5.74, 6) is -3.48. The minimum absolute atomic E-state index is 0.0586.